The monoisotopic (exact) mass is 306 g/mol. The zero-order valence-electron chi connectivity index (χ0n) is 12.4. The molecule has 5 heteroatoms. The van der Waals surface area contributed by atoms with E-state index < -0.39 is 5.97 Å². The maximum absolute atomic E-state index is 11.5. The van der Waals surface area contributed by atoms with Gasteiger partial charge in [-0.15, -0.1) is 11.3 Å². The van der Waals surface area contributed by atoms with Crippen molar-refractivity contribution in [2.45, 2.75) is 26.7 Å². The van der Waals surface area contributed by atoms with Gasteiger partial charge in [0.1, 0.15) is 5.75 Å². The highest BCUT2D eigenvalue weighted by molar-refractivity contribution is 7.21. The molecule has 0 bridgehead atoms. The lowest BCUT2D eigenvalue weighted by molar-refractivity contribution is 0.0697. The van der Waals surface area contributed by atoms with E-state index in [-0.39, 0.29) is 10.3 Å². The highest BCUT2D eigenvalue weighted by Gasteiger charge is 2.38. The van der Waals surface area contributed by atoms with Gasteiger partial charge < -0.3 is 14.6 Å². The minimum absolute atomic E-state index is 0.207. The maximum atomic E-state index is 11.5. The molecule has 21 heavy (non-hydrogen) atoms. The second-order valence-electron chi connectivity index (χ2n) is 5.98. The minimum atomic E-state index is -0.941. The first-order chi connectivity index (χ1) is 9.93. The lowest BCUT2D eigenvalue weighted by Crippen LogP contribution is -2.10. The van der Waals surface area contributed by atoms with Gasteiger partial charge >= 0.3 is 5.97 Å². The van der Waals surface area contributed by atoms with Crippen molar-refractivity contribution in [2.75, 3.05) is 13.7 Å². The SMILES string of the molecule is COc1cc2c(OCC3(C)CC3)c(C(=O)O)sc2cc1C. The number of aryl methyl sites for hydroxylation is 1. The molecule has 2 aromatic rings. The number of aromatic carboxylic acids is 1. The molecule has 0 spiro atoms. The van der Waals surface area contributed by atoms with Crippen molar-refractivity contribution in [3.8, 4) is 11.5 Å². The van der Waals surface area contributed by atoms with Crippen molar-refractivity contribution in [1.82, 2.24) is 0 Å². The summed E-state index contributed by atoms with van der Waals surface area (Å²) in [6.45, 7) is 4.67. The lowest BCUT2D eigenvalue weighted by Gasteiger charge is -2.11. The fraction of sp³-hybridized carbons (Fsp3) is 0.438. The Balaban J connectivity index is 2.08. The van der Waals surface area contributed by atoms with Crippen LogP contribution >= 0.6 is 11.3 Å². The molecule has 1 aliphatic rings. The molecule has 0 amide bonds. The molecule has 3 rings (SSSR count). The summed E-state index contributed by atoms with van der Waals surface area (Å²) in [7, 11) is 1.62. The standard InChI is InChI=1S/C16H18O4S/c1-9-6-12-10(7-11(9)19-3)13(14(21-12)15(17)18)20-8-16(2)4-5-16/h6-7H,4-5,8H2,1-3H3,(H,17,18). The van der Waals surface area contributed by atoms with E-state index in [1.807, 2.05) is 19.1 Å². The number of hydrogen-bond donors (Lipinski definition) is 1. The summed E-state index contributed by atoms with van der Waals surface area (Å²) in [6.07, 6.45) is 2.28. The Kier molecular flexibility index (Phi) is 3.32. The summed E-state index contributed by atoms with van der Waals surface area (Å²) in [4.78, 5) is 11.7. The van der Waals surface area contributed by atoms with E-state index in [0.29, 0.717) is 12.4 Å². The fourth-order valence-corrected chi connectivity index (χ4v) is 3.38. The van der Waals surface area contributed by atoms with Gasteiger partial charge in [-0.2, -0.15) is 0 Å². The molecule has 0 radical (unpaired) electrons. The van der Waals surface area contributed by atoms with E-state index in [1.165, 1.54) is 11.3 Å². The average Bonchev–Trinajstić information content (AvgIpc) is 3.06. The van der Waals surface area contributed by atoms with Crippen LogP contribution in [-0.4, -0.2) is 24.8 Å². The van der Waals surface area contributed by atoms with Crippen LogP contribution in [0.1, 0.15) is 35.0 Å². The van der Waals surface area contributed by atoms with Gasteiger partial charge in [-0.1, -0.05) is 6.92 Å². The molecule has 0 atom stereocenters. The van der Waals surface area contributed by atoms with Crippen LogP contribution in [0, 0.1) is 12.3 Å². The van der Waals surface area contributed by atoms with Gasteiger partial charge in [0.25, 0.3) is 0 Å². The van der Waals surface area contributed by atoms with Crippen LogP contribution in [-0.2, 0) is 0 Å². The number of rotatable bonds is 5. The van der Waals surface area contributed by atoms with Crippen molar-refractivity contribution in [3.05, 3.63) is 22.6 Å². The smallest absolute Gasteiger partial charge is 0.349 e. The number of carbonyl (C=O) groups is 1. The van der Waals surface area contributed by atoms with Gasteiger partial charge in [-0.3, -0.25) is 0 Å². The highest BCUT2D eigenvalue weighted by Crippen LogP contribution is 2.47. The summed E-state index contributed by atoms with van der Waals surface area (Å²) < 4.78 is 12.1. The number of carboxylic acids is 1. The van der Waals surface area contributed by atoms with E-state index in [0.717, 1.165) is 34.2 Å². The van der Waals surface area contributed by atoms with Crippen LogP contribution in [0.4, 0.5) is 0 Å². The maximum Gasteiger partial charge on any atom is 0.349 e. The first-order valence-electron chi connectivity index (χ1n) is 6.91. The molecule has 1 aromatic heterocycles. The van der Waals surface area contributed by atoms with Gasteiger partial charge in [0.2, 0.25) is 0 Å². The second kappa shape index (κ2) is 4.91. The third-order valence-corrected chi connectivity index (χ3v) is 5.14. The van der Waals surface area contributed by atoms with Crippen molar-refractivity contribution >= 4 is 27.4 Å². The lowest BCUT2D eigenvalue weighted by atomic mass is 10.1. The van der Waals surface area contributed by atoms with Gasteiger partial charge in [0.15, 0.2) is 10.6 Å². The number of ether oxygens (including phenoxy) is 2. The number of benzene rings is 1. The third kappa shape index (κ3) is 2.58. The zero-order chi connectivity index (χ0) is 15.2. The molecule has 1 aliphatic carbocycles. The number of carboxylic acid groups (broad SMARTS) is 1. The van der Waals surface area contributed by atoms with Crippen LogP contribution in [0.5, 0.6) is 11.5 Å². The molecule has 1 N–H and O–H groups in total. The second-order valence-corrected chi connectivity index (χ2v) is 7.03. The summed E-state index contributed by atoms with van der Waals surface area (Å²) in [5.74, 6) is 0.289. The summed E-state index contributed by atoms with van der Waals surface area (Å²) in [6, 6.07) is 3.83. The first-order valence-corrected chi connectivity index (χ1v) is 7.72. The molecule has 1 saturated carbocycles. The topological polar surface area (TPSA) is 55.8 Å². The molecular formula is C16H18O4S. The Labute approximate surface area is 127 Å². The zero-order valence-corrected chi connectivity index (χ0v) is 13.2. The largest absolute Gasteiger partial charge is 0.496 e. The molecule has 1 heterocycles. The molecule has 112 valence electrons. The fourth-order valence-electron chi connectivity index (χ4n) is 2.31. The van der Waals surface area contributed by atoms with Crippen LogP contribution < -0.4 is 9.47 Å². The van der Waals surface area contributed by atoms with E-state index >= 15 is 0 Å². The van der Waals surface area contributed by atoms with Crippen LogP contribution in [0.2, 0.25) is 0 Å². The first kappa shape index (κ1) is 14.2. The van der Waals surface area contributed by atoms with Crippen molar-refractivity contribution in [2.24, 2.45) is 5.41 Å². The molecule has 0 unspecified atom stereocenters. The minimum Gasteiger partial charge on any atom is -0.496 e. The number of methoxy groups -OCH3 is 1. The Morgan fingerprint density at radius 2 is 2.14 bits per heavy atom. The number of thiophene rings is 1. The van der Waals surface area contributed by atoms with Crippen LogP contribution in [0.25, 0.3) is 10.1 Å². The predicted octanol–water partition coefficient (Wildman–Crippen LogP) is 4.10. The van der Waals surface area contributed by atoms with E-state index in [9.17, 15) is 9.90 Å². The Morgan fingerprint density at radius 1 is 1.43 bits per heavy atom. The molecule has 4 nitrogen and oxygen atoms in total. The predicted molar refractivity (Wildman–Crippen MR) is 82.9 cm³/mol. The van der Waals surface area contributed by atoms with Gasteiger partial charge in [-0.25, -0.2) is 4.79 Å². The number of fused-ring (bicyclic) bond motifs is 1. The van der Waals surface area contributed by atoms with Gasteiger partial charge in [0, 0.05) is 15.5 Å². The molecule has 0 saturated heterocycles. The van der Waals surface area contributed by atoms with Crippen molar-refractivity contribution in [3.63, 3.8) is 0 Å². The summed E-state index contributed by atoms with van der Waals surface area (Å²) in [5, 5.41) is 10.2. The molecule has 0 aliphatic heterocycles. The Bertz CT molecular complexity index is 713. The average molecular weight is 306 g/mol. The molecule has 1 aromatic carbocycles. The van der Waals surface area contributed by atoms with Crippen molar-refractivity contribution in [1.29, 1.82) is 0 Å². The van der Waals surface area contributed by atoms with E-state index in [4.69, 9.17) is 9.47 Å². The number of hydrogen-bond acceptors (Lipinski definition) is 4. The summed E-state index contributed by atoms with van der Waals surface area (Å²) >= 11 is 1.26. The Hall–Kier alpha value is -1.75. The van der Waals surface area contributed by atoms with E-state index in [2.05, 4.69) is 6.92 Å². The van der Waals surface area contributed by atoms with E-state index in [1.54, 1.807) is 7.11 Å². The highest BCUT2D eigenvalue weighted by atomic mass is 32.1. The normalized spacial score (nSPS) is 16.0. The van der Waals surface area contributed by atoms with Gasteiger partial charge in [-0.05, 0) is 37.5 Å². The van der Waals surface area contributed by atoms with Crippen LogP contribution in [0.15, 0.2) is 12.1 Å². The Morgan fingerprint density at radius 3 is 2.71 bits per heavy atom. The van der Waals surface area contributed by atoms with Gasteiger partial charge in [0.05, 0.1) is 13.7 Å². The summed E-state index contributed by atoms with van der Waals surface area (Å²) in [5.41, 5.74) is 1.20. The molecule has 1 fully saturated rings. The van der Waals surface area contributed by atoms with Crippen LogP contribution in [0.3, 0.4) is 0 Å². The quantitative estimate of drug-likeness (QED) is 0.903. The third-order valence-electron chi connectivity index (χ3n) is 4.02. The van der Waals surface area contributed by atoms with Crippen molar-refractivity contribution < 1.29 is 19.4 Å². The molecular weight excluding hydrogens is 288 g/mol.